The zero-order valence-electron chi connectivity index (χ0n) is 9.92. The van der Waals surface area contributed by atoms with E-state index in [2.05, 4.69) is 20.9 Å². The standard InChI is InChI=1S/C13H7BrN2O3S/c14-8-4-5-20-13(8)12(17)7-6-15-9-2-1-3-10(11(7)9)16(18)19/h1-6,15H. The molecular formula is C13H7BrN2O3S. The third-order valence-corrected chi connectivity index (χ3v) is 4.78. The zero-order valence-corrected chi connectivity index (χ0v) is 12.3. The van der Waals surface area contributed by atoms with Gasteiger partial charge in [-0.1, -0.05) is 6.07 Å². The number of non-ortho nitro benzene ring substituents is 1. The summed E-state index contributed by atoms with van der Waals surface area (Å²) in [4.78, 5) is 26.6. The highest BCUT2D eigenvalue weighted by molar-refractivity contribution is 9.10. The molecular weight excluding hydrogens is 344 g/mol. The van der Waals surface area contributed by atoms with Crippen LogP contribution in [0.1, 0.15) is 15.2 Å². The number of carbonyl (C=O) groups excluding carboxylic acids is 1. The van der Waals surface area contributed by atoms with Gasteiger partial charge in [0.15, 0.2) is 0 Å². The summed E-state index contributed by atoms with van der Waals surface area (Å²) in [5, 5.41) is 13.3. The molecule has 1 N–H and O–H groups in total. The van der Waals surface area contributed by atoms with Crippen molar-refractivity contribution in [3.05, 3.63) is 60.9 Å². The molecule has 20 heavy (non-hydrogen) atoms. The molecule has 0 aliphatic carbocycles. The van der Waals surface area contributed by atoms with Gasteiger partial charge in [0.2, 0.25) is 5.78 Å². The number of thiophene rings is 1. The second-order valence-corrected chi connectivity index (χ2v) is 5.86. The van der Waals surface area contributed by atoms with Crippen molar-refractivity contribution >= 4 is 49.6 Å². The highest BCUT2D eigenvalue weighted by Crippen LogP contribution is 2.32. The van der Waals surface area contributed by atoms with Gasteiger partial charge in [0.25, 0.3) is 5.69 Å². The largest absolute Gasteiger partial charge is 0.360 e. The summed E-state index contributed by atoms with van der Waals surface area (Å²) in [6.45, 7) is 0. The van der Waals surface area contributed by atoms with Gasteiger partial charge >= 0.3 is 0 Å². The normalized spacial score (nSPS) is 10.8. The number of nitrogens with one attached hydrogen (secondary N) is 1. The lowest BCUT2D eigenvalue weighted by atomic mass is 10.1. The van der Waals surface area contributed by atoms with Gasteiger partial charge in [0, 0.05) is 16.7 Å². The summed E-state index contributed by atoms with van der Waals surface area (Å²) in [5.74, 6) is -0.229. The molecule has 0 aliphatic rings. The second kappa shape index (κ2) is 4.84. The molecule has 0 bridgehead atoms. The summed E-state index contributed by atoms with van der Waals surface area (Å²) >= 11 is 4.61. The number of H-pyrrole nitrogens is 1. The third kappa shape index (κ3) is 1.95. The first-order valence-electron chi connectivity index (χ1n) is 5.62. The Kier molecular flexibility index (Phi) is 3.15. The average molecular weight is 351 g/mol. The van der Waals surface area contributed by atoms with Crippen LogP contribution in [0.5, 0.6) is 0 Å². The maximum atomic E-state index is 12.5. The first-order chi connectivity index (χ1) is 9.59. The number of nitrogens with zero attached hydrogens (tertiary/aromatic N) is 1. The molecule has 0 radical (unpaired) electrons. The van der Waals surface area contributed by atoms with Crippen molar-refractivity contribution in [1.82, 2.24) is 4.98 Å². The van der Waals surface area contributed by atoms with E-state index < -0.39 is 4.92 Å². The molecule has 0 saturated carbocycles. The third-order valence-electron chi connectivity index (χ3n) is 2.95. The maximum absolute atomic E-state index is 12.5. The first-order valence-corrected chi connectivity index (χ1v) is 7.29. The second-order valence-electron chi connectivity index (χ2n) is 4.09. The van der Waals surface area contributed by atoms with Crippen molar-refractivity contribution in [3.63, 3.8) is 0 Å². The summed E-state index contributed by atoms with van der Waals surface area (Å²) < 4.78 is 0.695. The first kappa shape index (κ1) is 13.0. The maximum Gasteiger partial charge on any atom is 0.279 e. The molecule has 0 aliphatic heterocycles. The predicted octanol–water partition coefficient (Wildman–Crippen LogP) is 4.13. The minimum atomic E-state index is -0.476. The van der Waals surface area contributed by atoms with Gasteiger partial charge in [-0.15, -0.1) is 11.3 Å². The number of ketones is 1. The van der Waals surface area contributed by atoms with Crippen LogP contribution in [0.25, 0.3) is 10.9 Å². The number of aromatic amines is 1. The van der Waals surface area contributed by atoms with E-state index in [0.717, 1.165) is 0 Å². The number of aromatic nitrogens is 1. The summed E-state index contributed by atoms with van der Waals surface area (Å²) in [7, 11) is 0. The van der Waals surface area contributed by atoms with Crippen LogP contribution in [0.4, 0.5) is 5.69 Å². The Morgan fingerprint density at radius 1 is 1.35 bits per heavy atom. The fourth-order valence-corrected chi connectivity index (χ4v) is 3.58. The van der Waals surface area contributed by atoms with Crippen molar-refractivity contribution in [2.24, 2.45) is 0 Å². The number of carbonyl (C=O) groups is 1. The molecule has 5 nitrogen and oxygen atoms in total. The number of halogens is 1. The zero-order chi connectivity index (χ0) is 14.3. The molecule has 3 rings (SSSR count). The van der Waals surface area contributed by atoms with E-state index in [-0.39, 0.29) is 11.5 Å². The van der Waals surface area contributed by atoms with Gasteiger partial charge in [-0.25, -0.2) is 0 Å². The molecule has 2 heterocycles. The molecule has 3 aromatic rings. The van der Waals surface area contributed by atoms with Gasteiger partial charge in [-0.05, 0) is 33.4 Å². The lowest BCUT2D eigenvalue weighted by Crippen LogP contribution is -1.99. The topological polar surface area (TPSA) is 76.0 Å². The van der Waals surface area contributed by atoms with Crippen LogP contribution in [0.3, 0.4) is 0 Å². The molecule has 1 aromatic carbocycles. The minimum absolute atomic E-state index is 0.0696. The molecule has 7 heteroatoms. The molecule has 0 fully saturated rings. The number of nitro benzene ring substituents is 1. The lowest BCUT2D eigenvalue weighted by Gasteiger charge is -1.99. The molecule has 100 valence electrons. The number of hydrogen-bond donors (Lipinski definition) is 1. The van der Waals surface area contributed by atoms with Gasteiger partial charge in [0.05, 0.1) is 26.3 Å². The quantitative estimate of drug-likeness (QED) is 0.438. The van der Waals surface area contributed by atoms with Crippen LogP contribution in [0.2, 0.25) is 0 Å². The van der Waals surface area contributed by atoms with E-state index in [1.165, 1.54) is 23.6 Å². The van der Waals surface area contributed by atoms with E-state index >= 15 is 0 Å². The van der Waals surface area contributed by atoms with E-state index in [4.69, 9.17) is 0 Å². The van der Waals surface area contributed by atoms with Crippen molar-refractivity contribution in [2.75, 3.05) is 0 Å². The number of hydrogen-bond acceptors (Lipinski definition) is 4. The van der Waals surface area contributed by atoms with Gasteiger partial charge in [-0.3, -0.25) is 14.9 Å². The lowest BCUT2D eigenvalue weighted by molar-refractivity contribution is -0.383. The Labute approximate surface area is 125 Å². The van der Waals surface area contributed by atoms with Gasteiger partial charge in [0.1, 0.15) is 0 Å². The van der Waals surface area contributed by atoms with Crippen LogP contribution in [0.15, 0.2) is 40.3 Å². The fraction of sp³-hybridized carbons (Fsp3) is 0. The molecule has 0 amide bonds. The Balaban J connectivity index is 2.25. The van der Waals surface area contributed by atoms with Gasteiger partial charge < -0.3 is 4.98 Å². The molecule has 0 spiro atoms. The fourth-order valence-electron chi connectivity index (χ4n) is 2.07. The smallest absolute Gasteiger partial charge is 0.279 e. The van der Waals surface area contributed by atoms with Crippen molar-refractivity contribution in [3.8, 4) is 0 Å². The monoisotopic (exact) mass is 350 g/mol. The van der Waals surface area contributed by atoms with Crippen LogP contribution in [-0.4, -0.2) is 15.7 Å². The Morgan fingerprint density at radius 2 is 2.15 bits per heavy atom. The summed E-state index contributed by atoms with van der Waals surface area (Å²) in [6.07, 6.45) is 1.52. The van der Waals surface area contributed by atoms with Gasteiger partial charge in [-0.2, -0.15) is 0 Å². The van der Waals surface area contributed by atoms with Crippen molar-refractivity contribution in [1.29, 1.82) is 0 Å². The molecule has 0 saturated heterocycles. The molecule has 2 aromatic heterocycles. The predicted molar refractivity (Wildman–Crippen MR) is 80.4 cm³/mol. The van der Waals surface area contributed by atoms with Crippen molar-refractivity contribution in [2.45, 2.75) is 0 Å². The highest BCUT2D eigenvalue weighted by atomic mass is 79.9. The van der Waals surface area contributed by atoms with E-state index in [1.54, 1.807) is 23.6 Å². The van der Waals surface area contributed by atoms with Crippen LogP contribution in [0, 0.1) is 10.1 Å². The minimum Gasteiger partial charge on any atom is -0.360 e. The number of nitro groups is 1. The van der Waals surface area contributed by atoms with E-state index in [9.17, 15) is 14.9 Å². The van der Waals surface area contributed by atoms with Crippen molar-refractivity contribution < 1.29 is 9.72 Å². The molecule has 0 atom stereocenters. The Hall–Kier alpha value is -1.99. The summed E-state index contributed by atoms with van der Waals surface area (Å²) in [5.41, 5.74) is 0.824. The average Bonchev–Trinajstić information content (AvgIpc) is 3.03. The highest BCUT2D eigenvalue weighted by Gasteiger charge is 2.23. The summed E-state index contributed by atoms with van der Waals surface area (Å²) in [6, 6.07) is 6.48. The van der Waals surface area contributed by atoms with Crippen LogP contribution in [-0.2, 0) is 0 Å². The van der Waals surface area contributed by atoms with E-state index in [1.807, 2.05) is 0 Å². The number of rotatable bonds is 3. The number of fused-ring (bicyclic) bond motifs is 1. The molecule has 0 unspecified atom stereocenters. The SMILES string of the molecule is O=C(c1sccc1Br)c1c[nH]c2cccc([N+](=O)[O-])c12. The van der Waals surface area contributed by atoms with Crippen LogP contribution >= 0.6 is 27.3 Å². The Morgan fingerprint density at radius 3 is 2.80 bits per heavy atom. The number of benzene rings is 1. The Bertz CT molecular complexity index is 837. The van der Waals surface area contributed by atoms with Crippen LogP contribution < -0.4 is 0 Å². The van der Waals surface area contributed by atoms with E-state index in [0.29, 0.717) is 25.8 Å².